The van der Waals surface area contributed by atoms with Crippen molar-refractivity contribution in [3.63, 3.8) is 0 Å². The zero-order chi connectivity index (χ0) is 19.1. The highest BCUT2D eigenvalue weighted by Crippen LogP contribution is 2.41. The number of aromatic nitrogens is 1. The van der Waals surface area contributed by atoms with Crippen molar-refractivity contribution >= 4 is 11.7 Å². The summed E-state index contributed by atoms with van der Waals surface area (Å²) >= 11 is 0. The maximum atomic E-state index is 12.6. The number of aromatic hydroxyl groups is 1. The predicted octanol–water partition coefficient (Wildman–Crippen LogP) is 2.21. The van der Waals surface area contributed by atoms with E-state index in [-0.39, 0.29) is 29.0 Å². The van der Waals surface area contributed by atoms with Crippen molar-refractivity contribution in [2.24, 2.45) is 5.92 Å². The van der Waals surface area contributed by atoms with Crippen molar-refractivity contribution in [3.8, 4) is 28.7 Å². The number of hydrogen-bond donors (Lipinski definition) is 2. The van der Waals surface area contributed by atoms with Crippen molar-refractivity contribution in [3.05, 3.63) is 35.0 Å². The maximum Gasteiger partial charge on any atom is 0.225 e. The molecule has 2 heterocycles. The van der Waals surface area contributed by atoms with Crippen LogP contribution in [0.15, 0.2) is 18.2 Å². The molecule has 7 heteroatoms. The number of benzene rings is 1. The van der Waals surface area contributed by atoms with E-state index in [1.165, 1.54) is 13.2 Å². The Kier molecular flexibility index (Phi) is 4.11. The van der Waals surface area contributed by atoms with Gasteiger partial charge >= 0.3 is 0 Å². The van der Waals surface area contributed by atoms with Crippen LogP contribution in [0, 0.1) is 17.2 Å². The van der Waals surface area contributed by atoms with Crippen LogP contribution < -0.4 is 10.5 Å². The number of carbonyl (C=O) groups is 1. The first-order valence-corrected chi connectivity index (χ1v) is 8.91. The van der Waals surface area contributed by atoms with Crippen molar-refractivity contribution < 1.29 is 14.6 Å². The van der Waals surface area contributed by atoms with Gasteiger partial charge in [-0.3, -0.25) is 4.79 Å². The quantitative estimate of drug-likeness (QED) is 0.863. The first kappa shape index (κ1) is 17.2. The second kappa shape index (κ2) is 6.47. The van der Waals surface area contributed by atoms with Crippen LogP contribution in [-0.4, -0.2) is 34.6 Å². The van der Waals surface area contributed by atoms with Gasteiger partial charge in [-0.15, -0.1) is 0 Å². The molecule has 0 spiro atoms. The summed E-state index contributed by atoms with van der Waals surface area (Å²) in [5.74, 6) is 1.01. The number of phenols is 1. The Morgan fingerprint density at radius 1 is 1.44 bits per heavy atom. The minimum absolute atomic E-state index is 0.0561. The minimum Gasteiger partial charge on any atom is -0.508 e. The molecule has 138 valence electrons. The van der Waals surface area contributed by atoms with Gasteiger partial charge in [0.05, 0.1) is 12.8 Å². The lowest BCUT2D eigenvalue weighted by atomic mass is 9.90. The molecular formula is C20H20N4O3. The van der Waals surface area contributed by atoms with Gasteiger partial charge in [0.15, 0.2) is 0 Å². The summed E-state index contributed by atoms with van der Waals surface area (Å²) < 4.78 is 5.45. The Morgan fingerprint density at radius 2 is 2.22 bits per heavy atom. The van der Waals surface area contributed by atoms with Gasteiger partial charge in [0.2, 0.25) is 5.91 Å². The number of carbonyl (C=O) groups excluding carboxylic acids is 1. The van der Waals surface area contributed by atoms with Crippen LogP contribution in [0.25, 0.3) is 11.1 Å². The lowest BCUT2D eigenvalue weighted by molar-refractivity contribution is -0.133. The van der Waals surface area contributed by atoms with Gasteiger partial charge in [0.1, 0.15) is 28.9 Å². The second-order valence-corrected chi connectivity index (χ2v) is 6.95. The van der Waals surface area contributed by atoms with Crippen molar-refractivity contribution in [2.75, 3.05) is 19.4 Å². The molecule has 7 nitrogen and oxygen atoms in total. The average Bonchev–Trinajstić information content (AvgIpc) is 3.51. The first-order valence-electron chi connectivity index (χ1n) is 8.91. The summed E-state index contributed by atoms with van der Waals surface area (Å²) in [5.41, 5.74) is 9.03. The number of ether oxygens (including phenoxy) is 1. The highest BCUT2D eigenvalue weighted by Gasteiger charge is 2.36. The summed E-state index contributed by atoms with van der Waals surface area (Å²) in [6.45, 7) is 0.970. The molecule has 1 saturated carbocycles. The van der Waals surface area contributed by atoms with Crippen LogP contribution in [-0.2, 0) is 17.8 Å². The summed E-state index contributed by atoms with van der Waals surface area (Å²) in [6, 6.07) is 6.85. The number of nitrogen functional groups attached to an aromatic ring is 1. The van der Waals surface area contributed by atoms with E-state index in [2.05, 4.69) is 11.1 Å². The Bertz CT molecular complexity index is 976. The number of nitriles is 1. The molecule has 2 aliphatic rings. The molecule has 1 aliphatic carbocycles. The van der Waals surface area contributed by atoms with E-state index in [1.807, 2.05) is 4.90 Å². The van der Waals surface area contributed by atoms with Crippen LogP contribution in [0.3, 0.4) is 0 Å². The lowest BCUT2D eigenvalue weighted by Crippen LogP contribution is -2.37. The van der Waals surface area contributed by atoms with Crippen LogP contribution in [0.2, 0.25) is 0 Å². The SMILES string of the molecule is COc1ccc(O)cc1-c1c(C#N)c(N)nc2c1CN(C(=O)C1CC1)CC2. The fourth-order valence-electron chi connectivity index (χ4n) is 3.66. The van der Waals surface area contributed by atoms with E-state index in [0.717, 1.165) is 24.1 Å². The number of rotatable bonds is 3. The predicted molar refractivity (Wildman–Crippen MR) is 98.9 cm³/mol. The van der Waals surface area contributed by atoms with Gasteiger partial charge in [-0.2, -0.15) is 5.26 Å². The first-order chi connectivity index (χ1) is 13.0. The van der Waals surface area contributed by atoms with Gasteiger partial charge in [0.25, 0.3) is 0 Å². The summed E-state index contributed by atoms with van der Waals surface area (Å²) in [6.07, 6.45) is 2.47. The molecule has 2 aromatic rings. The molecule has 1 fully saturated rings. The third kappa shape index (κ3) is 2.93. The molecule has 0 saturated heterocycles. The lowest BCUT2D eigenvalue weighted by Gasteiger charge is -2.31. The van der Waals surface area contributed by atoms with E-state index >= 15 is 0 Å². The van der Waals surface area contributed by atoms with Gasteiger partial charge in [-0.1, -0.05) is 0 Å². The van der Waals surface area contributed by atoms with E-state index in [0.29, 0.717) is 36.4 Å². The highest BCUT2D eigenvalue weighted by molar-refractivity contribution is 5.85. The van der Waals surface area contributed by atoms with E-state index < -0.39 is 0 Å². The maximum absolute atomic E-state index is 12.6. The van der Waals surface area contributed by atoms with Crippen LogP contribution in [0.1, 0.15) is 29.7 Å². The fourth-order valence-corrected chi connectivity index (χ4v) is 3.66. The molecule has 1 aromatic carbocycles. The number of pyridine rings is 1. The van der Waals surface area contributed by atoms with E-state index in [1.54, 1.807) is 12.1 Å². The molecule has 1 aromatic heterocycles. The van der Waals surface area contributed by atoms with Gasteiger partial charge < -0.3 is 20.5 Å². The molecule has 0 unspecified atom stereocenters. The fraction of sp³-hybridized carbons (Fsp3) is 0.350. The molecule has 0 bridgehead atoms. The minimum atomic E-state index is 0.0561. The van der Waals surface area contributed by atoms with E-state index in [9.17, 15) is 15.2 Å². The van der Waals surface area contributed by atoms with Crippen molar-refractivity contribution in [1.82, 2.24) is 9.88 Å². The summed E-state index contributed by atoms with van der Waals surface area (Å²) in [7, 11) is 1.53. The van der Waals surface area contributed by atoms with E-state index in [4.69, 9.17) is 10.5 Å². The van der Waals surface area contributed by atoms with Crippen molar-refractivity contribution in [2.45, 2.75) is 25.8 Å². The number of amides is 1. The number of hydrogen-bond acceptors (Lipinski definition) is 6. The monoisotopic (exact) mass is 364 g/mol. The van der Waals surface area contributed by atoms with Gasteiger partial charge in [-0.05, 0) is 31.0 Å². The topological polar surface area (TPSA) is 112 Å². The van der Waals surface area contributed by atoms with Crippen LogP contribution in [0.4, 0.5) is 5.82 Å². The Labute approximate surface area is 157 Å². The number of nitrogens with zero attached hydrogens (tertiary/aromatic N) is 3. The number of fused-ring (bicyclic) bond motifs is 1. The molecule has 1 amide bonds. The molecule has 0 atom stereocenters. The number of nitrogens with two attached hydrogens (primary N) is 1. The molecule has 1 aliphatic heterocycles. The van der Waals surface area contributed by atoms with Crippen LogP contribution >= 0.6 is 0 Å². The zero-order valence-electron chi connectivity index (χ0n) is 15.0. The molecule has 27 heavy (non-hydrogen) atoms. The third-order valence-electron chi connectivity index (χ3n) is 5.18. The Hall–Kier alpha value is -3.27. The summed E-state index contributed by atoms with van der Waals surface area (Å²) in [5, 5.41) is 19.7. The Morgan fingerprint density at radius 3 is 2.89 bits per heavy atom. The summed E-state index contributed by atoms with van der Waals surface area (Å²) in [4.78, 5) is 18.8. The zero-order valence-corrected chi connectivity index (χ0v) is 15.0. The molecule has 4 rings (SSSR count). The normalized spacial score (nSPS) is 15.8. The highest BCUT2D eigenvalue weighted by atomic mass is 16.5. The molecular weight excluding hydrogens is 344 g/mol. The Balaban J connectivity index is 1.91. The smallest absolute Gasteiger partial charge is 0.225 e. The van der Waals surface area contributed by atoms with Crippen LogP contribution in [0.5, 0.6) is 11.5 Å². The average molecular weight is 364 g/mol. The number of anilines is 1. The molecule has 3 N–H and O–H groups in total. The largest absolute Gasteiger partial charge is 0.508 e. The number of phenolic OH excluding ortho intramolecular Hbond substituents is 1. The standard InChI is InChI=1S/C20H20N4O3/c1-27-17-5-4-12(25)8-13(17)18-14(9-21)19(22)23-16-6-7-24(10-15(16)18)20(26)11-2-3-11/h4-5,8,11,25H,2-3,6-7,10H2,1H3,(H2,22,23). The van der Waals surface area contributed by atoms with Gasteiger partial charge in [-0.25, -0.2) is 4.98 Å². The van der Waals surface area contributed by atoms with Gasteiger partial charge in [0, 0.05) is 42.1 Å². The molecule has 0 radical (unpaired) electrons. The second-order valence-electron chi connectivity index (χ2n) is 6.95. The third-order valence-corrected chi connectivity index (χ3v) is 5.18. The van der Waals surface area contributed by atoms with Crippen molar-refractivity contribution in [1.29, 1.82) is 5.26 Å². The number of methoxy groups -OCH3 is 1.